The number of benzene rings is 1. The van der Waals surface area contributed by atoms with Crippen LogP contribution >= 0.6 is 0 Å². The molecule has 0 heterocycles. The average Bonchev–Trinajstić information content (AvgIpc) is 2.40. The number of nitrogens with zero attached hydrogens (tertiary/aromatic N) is 1. The summed E-state index contributed by atoms with van der Waals surface area (Å²) in [5.41, 5.74) is 0.643. The van der Waals surface area contributed by atoms with Gasteiger partial charge in [-0.05, 0) is 12.1 Å². The van der Waals surface area contributed by atoms with Crippen molar-refractivity contribution in [2.45, 2.75) is 6.54 Å². The van der Waals surface area contributed by atoms with Crippen LogP contribution in [0, 0.1) is 5.82 Å². The van der Waals surface area contributed by atoms with E-state index in [0.717, 1.165) is 6.07 Å². The number of rotatable bonds is 7. The molecule has 19 heavy (non-hydrogen) atoms. The van der Waals surface area contributed by atoms with E-state index in [1.807, 2.05) is 4.90 Å². The van der Waals surface area contributed by atoms with Crippen LogP contribution in [0.3, 0.4) is 0 Å². The van der Waals surface area contributed by atoms with Crippen LogP contribution in [0.15, 0.2) is 30.9 Å². The van der Waals surface area contributed by atoms with E-state index in [9.17, 15) is 9.18 Å². The number of hydrogen-bond acceptors (Lipinski definition) is 4. The second-order valence-electron chi connectivity index (χ2n) is 4.05. The quantitative estimate of drug-likeness (QED) is 0.602. The third-order valence-electron chi connectivity index (χ3n) is 2.67. The fourth-order valence-electron chi connectivity index (χ4n) is 1.72. The Hall–Kier alpha value is -1.72. The summed E-state index contributed by atoms with van der Waals surface area (Å²) in [5, 5.41) is 8.93. The molecule has 0 bridgehead atoms. The van der Waals surface area contributed by atoms with Gasteiger partial charge in [-0.3, -0.25) is 4.90 Å². The van der Waals surface area contributed by atoms with Crippen molar-refractivity contribution in [2.24, 2.45) is 0 Å². The lowest BCUT2D eigenvalue weighted by Gasteiger charge is -2.19. The van der Waals surface area contributed by atoms with Gasteiger partial charge in [0.2, 0.25) is 0 Å². The van der Waals surface area contributed by atoms with E-state index in [2.05, 4.69) is 11.3 Å². The number of halogens is 1. The summed E-state index contributed by atoms with van der Waals surface area (Å²) in [4.78, 5) is 13.1. The number of methoxy groups -OCH3 is 1. The predicted molar refractivity (Wildman–Crippen MR) is 70.3 cm³/mol. The van der Waals surface area contributed by atoms with Crippen molar-refractivity contribution < 1.29 is 19.0 Å². The van der Waals surface area contributed by atoms with Crippen LogP contribution in [0.1, 0.15) is 15.9 Å². The highest BCUT2D eigenvalue weighted by atomic mass is 19.1. The summed E-state index contributed by atoms with van der Waals surface area (Å²) in [6, 6.07) is 4.23. The number of hydrogen-bond donors (Lipinski definition) is 1. The molecule has 1 aromatic carbocycles. The number of carbonyl (C=O) groups is 1. The van der Waals surface area contributed by atoms with E-state index >= 15 is 0 Å². The number of ether oxygens (including phenoxy) is 1. The maximum Gasteiger partial charge on any atom is 0.337 e. The zero-order valence-electron chi connectivity index (χ0n) is 10.9. The highest BCUT2D eigenvalue weighted by Crippen LogP contribution is 2.13. The molecule has 1 rings (SSSR count). The first-order chi connectivity index (χ1) is 9.12. The summed E-state index contributed by atoms with van der Waals surface area (Å²) in [6.45, 7) is 4.95. The number of aliphatic hydroxyl groups is 1. The first kappa shape index (κ1) is 15.3. The van der Waals surface area contributed by atoms with E-state index in [1.54, 1.807) is 12.1 Å². The van der Waals surface area contributed by atoms with Crippen LogP contribution in [0.5, 0.6) is 0 Å². The molecule has 1 N–H and O–H groups in total. The molecule has 0 aliphatic carbocycles. The molecule has 1 aromatic rings. The SMILES string of the molecule is C=CCN(CCO)Cc1ccc(C(=O)OC)cc1F. The highest BCUT2D eigenvalue weighted by Gasteiger charge is 2.12. The van der Waals surface area contributed by atoms with Gasteiger partial charge >= 0.3 is 5.97 Å². The average molecular weight is 267 g/mol. The number of aliphatic hydroxyl groups excluding tert-OH is 1. The Morgan fingerprint density at radius 2 is 2.32 bits per heavy atom. The van der Waals surface area contributed by atoms with Crippen LogP contribution < -0.4 is 0 Å². The zero-order valence-corrected chi connectivity index (χ0v) is 10.9. The Bertz CT molecular complexity index is 448. The Morgan fingerprint density at radius 1 is 1.58 bits per heavy atom. The Kier molecular flexibility index (Phi) is 6.18. The minimum Gasteiger partial charge on any atom is -0.465 e. The molecule has 0 radical (unpaired) electrons. The third kappa shape index (κ3) is 4.46. The van der Waals surface area contributed by atoms with E-state index in [0.29, 0.717) is 25.2 Å². The summed E-state index contributed by atoms with van der Waals surface area (Å²) in [7, 11) is 1.25. The maximum absolute atomic E-state index is 13.9. The van der Waals surface area contributed by atoms with E-state index < -0.39 is 11.8 Å². The molecule has 0 fully saturated rings. The van der Waals surface area contributed by atoms with Gasteiger partial charge in [0.1, 0.15) is 5.82 Å². The molecule has 0 amide bonds. The van der Waals surface area contributed by atoms with Crippen molar-refractivity contribution in [1.29, 1.82) is 0 Å². The normalized spacial score (nSPS) is 10.5. The molecule has 0 saturated carbocycles. The van der Waals surface area contributed by atoms with Crippen molar-refractivity contribution in [2.75, 3.05) is 26.8 Å². The largest absolute Gasteiger partial charge is 0.465 e. The van der Waals surface area contributed by atoms with Gasteiger partial charge in [-0.1, -0.05) is 12.1 Å². The van der Waals surface area contributed by atoms with Crippen LogP contribution in [0.4, 0.5) is 4.39 Å². The highest BCUT2D eigenvalue weighted by molar-refractivity contribution is 5.89. The third-order valence-corrected chi connectivity index (χ3v) is 2.67. The lowest BCUT2D eigenvalue weighted by atomic mass is 10.1. The molecule has 0 aromatic heterocycles. The first-order valence-corrected chi connectivity index (χ1v) is 5.93. The van der Waals surface area contributed by atoms with Gasteiger partial charge in [-0.15, -0.1) is 6.58 Å². The molecular formula is C14H18FNO3. The van der Waals surface area contributed by atoms with Crippen LogP contribution in [0.25, 0.3) is 0 Å². The molecule has 0 aliphatic rings. The molecule has 0 spiro atoms. The Balaban J connectivity index is 2.83. The fourth-order valence-corrected chi connectivity index (χ4v) is 1.72. The molecule has 0 aliphatic heterocycles. The number of esters is 1. The van der Waals surface area contributed by atoms with E-state index in [4.69, 9.17) is 5.11 Å². The topological polar surface area (TPSA) is 49.8 Å². The smallest absolute Gasteiger partial charge is 0.337 e. The lowest BCUT2D eigenvalue weighted by molar-refractivity contribution is 0.0600. The first-order valence-electron chi connectivity index (χ1n) is 5.93. The van der Waals surface area contributed by atoms with Crippen LogP contribution in [-0.4, -0.2) is 42.8 Å². The van der Waals surface area contributed by atoms with Gasteiger partial charge in [0.05, 0.1) is 19.3 Å². The summed E-state index contributed by atoms with van der Waals surface area (Å²) < 4.78 is 18.4. The van der Waals surface area contributed by atoms with Gasteiger partial charge < -0.3 is 9.84 Å². The molecule has 0 unspecified atom stereocenters. The van der Waals surface area contributed by atoms with Gasteiger partial charge in [0.15, 0.2) is 0 Å². The molecule has 104 valence electrons. The Labute approximate surface area is 112 Å². The van der Waals surface area contributed by atoms with Crippen LogP contribution in [-0.2, 0) is 11.3 Å². The van der Waals surface area contributed by atoms with Gasteiger partial charge in [-0.25, -0.2) is 9.18 Å². The van der Waals surface area contributed by atoms with Crippen molar-refractivity contribution in [3.05, 3.63) is 47.8 Å². The minimum atomic E-state index is -0.566. The number of carbonyl (C=O) groups excluding carboxylic acids is 1. The molecule has 0 atom stereocenters. The van der Waals surface area contributed by atoms with Crippen molar-refractivity contribution in [1.82, 2.24) is 4.90 Å². The summed E-state index contributed by atoms with van der Waals surface area (Å²) in [5.74, 6) is -1.03. The standard InChI is InChI=1S/C14H18FNO3/c1-3-6-16(7-8-17)10-12-5-4-11(9-13(12)15)14(18)19-2/h3-5,9,17H,1,6-8,10H2,2H3. The van der Waals surface area contributed by atoms with Crippen molar-refractivity contribution in [3.63, 3.8) is 0 Å². The maximum atomic E-state index is 13.9. The van der Waals surface area contributed by atoms with Crippen LogP contribution in [0.2, 0.25) is 0 Å². The van der Waals surface area contributed by atoms with Crippen molar-refractivity contribution >= 4 is 5.97 Å². The molecule has 4 nitrogen and oxygen atoms in total. The monoisotopic (exact) mass is 267 g/mol. The second-order valence-corrected chi connectivity index (χ2v) is 4.05. The molecule has 5 heteroatoms. The minimum absolute atomic E-state index is 0.00426. The van der Waals surface area contributed by atoms with Gasteiger partial charge in [-0.2, -0.15) is 0 Å². The fraction of sp³-hybridized carbons (Fsp3) is 0.357. The van der Waals surface area contributed by atoms with E-state index in [-0.39, 0.29) is 12.2 Å². The predicted octanol–water partition coefficient (Wildman–Crippen LogP) is 1.59. The Morgan fingerprint density at radius 3 is 2.84 bits per heavy atom. The van der Waals surface area contributed by atoms with Gasteiger partial charge in [0, 0.05) is 25.2 Å². The van der Waals surface area contributed by atoms with E-state index in [1.165, 1.54) is 13.2 Å². The summed E-state index contributed by atoms with van der Waals surface area (Å²) in [6.07, 6.45) is 1.69. The lowest BCUT2D eigenvalue weighted by Crippen LogP contribution is -2.27. The molecule has 0 saturated heterocycles. The molecular weight excluding hydrogens is 249 g/mol. The summed E-state index contributed by atoms with van der Waals surface area (Å²) >= 11 is 0. The second kappa shape index (κ2) is 7.66. The van der Waals surface area contributed by atoms with Crippen molar-refractivity contribution in [3.8, 4) is 0 Å². The van der Waals surface area contributed by atoms with Gasteiger partial charge in [0.25, 0.3) is 0 Å². The zero-order chi connectivity index (χ0) is 14.3.